The van der Waals surface area contributed by atoms with Gasteiger partial charge >= 0.3 is 0 Å². The molecule has 1 fully saturated rings. The molecule has 0 bridgehead atoms. The van der Waals surface area contributed by atoms with Crippen molar-refractivity contribution in [1.29, 1.82) is 0 Å². The monoisotopic (exact) mass is 1030 g/mol. The van der Waals surface area contributed by atoms with E-state index in [2.05, 4.69) is 21.3 Å². The van der Waals surface area contributed by atoms with Gasteiger partial charge in [0.25, 0.3) is 0 Å². The summed E-state index contributed by atoms with van der Waals surface area (Å²) in [4.78, 5) is 127. The summed E-state index contributed by atoms with van der Waals surface area (Å²) in [5.41, 5.74) is 1.46. The van der Waals surface area contributed by atoms with Crippen molar-refractivity contribution < 1.29 is 38.4 Å². The molecule has 0 spiro atoms. The lowest BCUT2D eigenvalue weighted by Gasteiger charge is -2.38. The molecule has 1 aliphatic heterocycles. The Morgan fingerprint density at radius 2 is 0.784 bits per heavy atom. The zero-order chi connectivity index (χ0) is 55.7. The van der Waals surface area contributed by atoms with Crippen molar-refractivity contribution in [3.05, 3.63) is 71.8 Å². The lowest BCUT2D eigenvalue weighted by atomic mass is 9.97. The maximum Gasteiger partial charge on any atom is 0.247 e. The quantitative estimate of drug-likeness (QED) is 0.172. The molecule has 18 heteroatoms. The molecule has 412 valence electrons. The van der Waals surface area contributed by atoms with Crippen LogP contribution in [-0.4, -0.2) is 194 Å². The Morgan fingerprint density at radius 3 is 1.05 bits per heavy atom. The SMILES string of the molecule is CC(C)C[C@@H](C(=O)N[C@H]1CNC(=O)[C@H](Cc2ccccc2)N(C)C(=O)[C@H](CC(C)C)N(C)C(=O)[C@@H](NC(=O)[C@H](CC(C)C)N(C)C)CNC(=O)[C@H](Cc2ccccc2)N(C)C(=O)[C@H](CC(C)C)N(C)C1=O)N(C)C. The number of nitrogens with one attached hydrogen (secondary N) is 4. The van der Waals surface area contributed by atoms with Crippen LogP contribution in [0.3, 0.4) is 0 Å². The number of benzene rings is 2. The van der Waals surface area contributed by atoms with Crippen molar-refractivity contribution in [1.82, 2.24) is 50.7 Å². The van der Waals surface area contributed by atoms with Crippen LogP contribution in [0.15, 0.2) is 60.7 Å². The van der Waals surface area contributed by atoms with Gasteiger partial charge in [-0.15, -0.1) is 0 Å². The van der Waals surface area contributed by atoms with E-state index in [-0.39, 0.29) is 49.4 Å². The fourth-order valence-electron chi connectivity index (χ4n) is 9.38. The van der Waals surface area contributed by atoms with Crippen LogP contribution in [0.1, 0.15) is 92.2 Å². The average Bonchev–Trinajstić information content (AvgIpc) is 3.34. The molecule has 2 aromatic carbocycles. The highest BCUT2D eigenvalue weighted by atomic mass is 16.2. The van der Waals surface area contributed by atoms with Crippen LogP contribution in [0.25, 0.3) is 0 Å². The second kappa shape index (κ2) is 29.3. The van der Waals surface area contributed by atoms with Gasteiger partial charge < -0.3 is 40.9 Å². The highest BCUT2D eigenvalue weighted by Gasteiger charge is 2.42. The smallest absolute Gasteiger partial charge is 0.247 e. The van der Waals surface area contributed by atoms with Gasteiger partial charge in [-0.1, -0.05) is 116 Å². The van der Waals surface area contributed by atoms with Gasteiger partial charge in [0.1, 0.15) is 36.3 Å². The topological polar surface area (TPSA) is 204 Å². The third-order valence-electron chi connectivity index (χ3n) is 13.8. The maximum absolute atomic E-state index is 15.1. The van der Waals surface area contributed by atoms with Crippen molar-refractivity contribution in [2.45, 2.75) is 142 Å². The second-order valence-electron chi connectivity index (χ2n) is 22.3. The first kappa shape index (κ1) is 62.4. The fraction of sp³-hybridized carbons (Fsp3) is 0.643. The summed E-state index contributed by atoms with van der Waals surface area (Å²) in [7, 11) is 13.0. The van der Waals surface area contributed by atoms with Crippen LogP contribution >= 0.6 is 0 Å². The molecule has 0 aliphatic carbocycles. The van der Waals surface area contributed by atoms with Crippen molar-refractivity contribution >= 4 is 47.3 Å². The highest BCUT2D eigenvalue weighted by molar-refractivity contribution is 5.97. The third kappa shape index (κ3) is 18.2. The molecule has 2 aromatic rings. The number of carbonyl (C=O) groups is 8. The number of nitrogens with zero attached hydrogens (tertiary/aromatic N) is 6. The molecule has 0 radical (unpaired) electrons. The number of likely N-dealkylation sites (N-methyl/N-ethyl adjacent to an activating group) is 6. The molecular formula is C56H90N10O8. The van der Waals surface area contributed by atoms with E-state index in [0.717, 1.165) is 11.1 Å². The summed E-state index contributed by atoms with van der Waals surface area (Å²) in [5, 5.41) is 11.7. The summed E-state index contributed by atoms with van der Waals surface area (Å²) < 4.78 is 0. The summed E-state index contributed by atoms with van der Waals surface area (Å²) in [6, 6.07) is 9.60. The number of rotatable bonds is 18. The van der Waals surface area contributed by atoms with Gasteiger partial charge in [0.2, 0.25) is 47.3 Å². The molecule has 0 unspecified atom stereocenters. The first-order valence-corrected chi connectivity index (χ1v) is 26.3. The minimum atomic E-state index is -1.37. The van der Waals surface area contributed by atoms with Gasteiger partial charge in [0.05, 0.1) is 12.1 Å². The van der Waals surface area contributed by atoms with E-state index in [0.29, 0.717) is 12.8 Å². The molecule has 8 amide bonds. The largest absolute Gasteiger partial charge is 0.352 e. The summed E-state index contributed by atoms with van der Waals surface area (Å²) in [6.45, 7) is 14.8. The van der Waals surface area contributed by atoms with Gasteiger partial charge in [-0.25, -0.2) is 0 Å². The molecule has 1 aliphatic rings. The minimum absolute atomic E-state index is 0.0525. The number of amides is 8. The highest BCUT2D eigenvalue weighted by Crippen LogP contribution is 2.21. The maximum atomic E-state index is 15.1. The summed E-state index contributed by atoms with van der Waals surface area (Å²) in [6.07, 6.45) is 1.39. The predicted molar refractivity (Wildman–Crippen MR) is 289 cm³/mol. The number of hydrogen-bond donors (Lipinski definition) is 4. The van der Waals surface area contributed by atoms with Gasteiger partial charge in [-0.2, -0.15) is 0 Å². The summed E-state index contributed by atoms with van der Waals surface area (Å²) in [5.74, 6) is -4.58. The van der Waals surface area contributed by atoms with Crippen LogP contribution in [-0.2, 0) is 51.2 Å². The molecule has 74 heavy (non-hydrogen) atoms. The number of carbonyl (C=O) groups excluding carboxylic acids is 8. The first-order valence-electron chi connectivity index (χ1n) is 26.3. The third-order valence-corrected chi connectivity index (χ3v) is 13.8. The van der Waals surface area contributed by atoms with E-state index >= 15 is 19.2 Å². The van der Waals surface area contributed by atoms with Gasteiger partial charge in [-0.05, 0) is 88.7 Å². The van der Waals surface area contributed by atoms with E-state index in [1.165, 1.54) is 47.8 Å². The Bertz CT molecular complexity index is 2020. The van der Waals surface area contributed by atoms with E-state index in [1.54, 1.807) is 38.0 Å². The molecule has 4 N–H and O–H groups in total. The van der Waals surface area contributed by atoms with E-state index in [9.17, 15) is 19.2 Å². The van der Waals surface area contributed by atoms with Crippen LogP contribution in [0.2, 0.25) is 0 Å². The van der Waals surface area contributed by atoms with E-state index in [1.807, 2.05) is 116 Å². The lowest BCUT2D eigenvalue weighted by Crippen LogP contribution is -2.63. The molecule has 1 heterocycles. The van der Waals surface area contributed by atoms with Crippen LogP contribution in [0, 0.1) is 23.7 Å². The van der Waals surface area contributed by atoms with Crippen LogP contribution < -0.4 is 21.3 Å². The van der Waals surface area contributed by atoms with Gasteiger partial charge in [-0.3, -0.25) is 48.2 Å². The molecular weight excluding hydrogens is 941 g/mol. The van der Waals surface area contributed by atoms with Crippen LogP contribution in [0.4, 0.5) is 0 Å². The van der Waals surface area contributed by atoms with E-state index < -0.39 is 109 Å². The molecule has 8 atom stereocenters. The van der Waals surface area contributed by atoms with Crippen molar-refractivity contribution in [3.8, 4) is 0 Å². The Morgan fingerprint density at radius 1 is 0.486 bits per heavy atom. The molecule has 0 aromatic heterocycles. The molecule has 3 rings (SSSR count). The Labute approximate surface area is 442 Å². The molecule has 18 nitrogen and oxygen atoms in total. The van der Waals surface area contributed by atoms with Crippen molar-refractivity contribution in [3.63, 3.8) is 0 Å². The van der Waals surface area contributed by atoms with Crippen molar-refractivity contribution in [2.24, 2.45) is 23.7 Å². The zero-order valence-corrected chi connectivity index (χ0v) is 47.3. The van der Waals surface area contributed by atoms with Crippen LogP contribution in [0.5, 0.6) is 0 Å². The lowest BCUT2D eigenvalue weighted by molar-refractivity contribution is -0.151. The van der Waals surface area contributed by atoms with Gasteiger partial charge in [0.15, 0.2) is 0 Å². The van der Waals surface area contributed by atoms with Crippen molar-refractivity contribution in [2.75, 3.05) is 69.5 Å². The minimum Gasteiger partial charge on any atom is -0.352 e. The second-order valence-corrected chi connectivity index (χ2v) is 22.3. The Hall–Kier alpha value is -5.88. The first-order chi connectivity index (χ1) is 34.7. The Balaban J connectivity index is 2.36. The van der Waals surface area contributed by atoms with Gasteiger partial charge in [0, 0.05) is 54.1 Å². The zero-order valence-electron chi connectivity index (χ0n) is 47.3. The predicted octanol–water partition coefficient (Wildman–Crippen LogP) is 3.04. The average molecular weight is 1030 g/mol. The molecule has 0 saturated carbocycles. The Kier molecular flexibility index (Phi) is 24.7. The number of hydrogen-bond acceptors (Lipinski definition) is 10. The standard InChI is InChI=1S/C56H90N10O8/c1-35(2)27-43(61(9)10)51(69)59-41-33-57-49(67)45(31-39-23-19-17-20-24-39)63(13)56(74)48(30-38(7)8)66(16)54(72)42(60-52(70)44(62(11)12)28-36(3)4)34-58-50(68)46(32-40-25-21-18-22-26-40)64(14)55(73)47(29-37(5)6)65(15)53(41)71/h17-26,35-38,41-48H,27-34H2,1-16H3,(H,57,67)(H,58,68)(H,59,69)(H,60,70)/t41-,42-,43-,44-,45-,46-,47-,48-/m0/s1. The van der Waals surface area contributed by atoms with E-state index in [4.69, 9.17) is 0 Å². The normalized spacial score (nSPS) is 22.5. The molecule has 1 saturated heterocycles. The fourth-order valence-corrected chi connectivity index (χ4v) is 9.38. The summed E-state index contributed by atoms with van der Waals surface area (Å²) >= 11 is 0.